The molecular weight excluding hydrogens is 312 g/mol. The third-order valence-electron chi connectivity index (χ3n) is 3.74. The van der Waals surface area contributed by atoms with Crippen molar-refractivity contribution in [1.82, 2.24) is 14.7 Å². The summed E-state index contributed by atoms with van der Waals surface area (Å²) in [7, 11) is -3.74. The molecule has 1 aliphatic carbocycles. The lowest BCUT2D eigenvalue weighted by atomic mass is 10.2. The number of benzene rings is 1. The molecule has 6 nitrogen and oxygen atoms in total. The lowest BCUT2D eigenvalue weighted by Crippen LogP contribution is -2.31. The van der Waals surface area contributed by atoms with Crippen molar-refractivity contribution in [2.75, 3.05) is 0 Å². The van der Waals surface area contributed by atoms with Gasteiger partial charge in [0.1, 0.15) is 5.82 Å². The smallest absolute Gasteiger partial charge is 0.240 e. The van der Waals surface area contributed by atoms with E-state index in [-0.39, 0.29) is 10.8 Å². The maximum absolute atomic E-state index is 12.6. The standard InChI is InChI=1S/C16H16N4O2S/c1-11-7-8-18-16(19-11)15(13-5-6-13)20-23(21,22)14-4-2-3-12(9-14)10-17/h2-4,7-9,13,15,20H,5-6H2,1H3/t15-/m0/s1. The van der Waals surface area contributed by atoms with Gasteiger partial charge in [0.15, 0.2) is 0 Å². The molecule has 1 aliphatic rings. The molecule has 1 aromatic heterocycles. The van der Waals surface area contributed by atoms with Crippen LogP contribution < -0.4 is 4.72 Å². The van der Waals surface area contributed by atoms with Crippen molar-refractivity contribution in [2.45, 2.75) is 30.7 Å². The second-order valence-electron chi connectivity index (χ2n) is 5.63. The summed E-state index contributed by atoms with van der Waals surface area (Å²) in [5.74, 6) is 0.707. The number of hydrogen-bond acceptors (Lipinski definition) is 5. The Bertz CT molecular complexity index is 870. The highest BCUT2D eigenvalue weighted by molar-refractivity contribution is 7.89. The largest absolute Gasteiger partial charge is 0.241 e. The summed E-state index contributed by atoms with van der Waals surface area (Å²) in [6.07, 6.45) is 3.53. The van der Waals surface area contributed by atoms with Gasteiger partial charge in [0.25, 0.3) is 0 Å². The normalized spacial score (nSPS) is 15.8. The molecule has 0 spiro atoms. The van der Waals surface area contributed by atoms with Crippen LogP contribution in [0.25, 0.3) is 0 Å². The van der Waals surface area contributed by atoms with E-state index in [2.05, 4.69) is 14.7 Å². The van der Waals surface area contributed by atoms with Gasteiger partial charge in [-0.15, -0.1) is 0 Å². The zero-order valence-electron chi connectivity index (χ0n) is 12.6. The second-order valence-corrected chi connectivity index (χ2v) is 7.35. The number of nitrogens with one attached hydrogen (secondary N) is 1. The van der Waals surface area contributed by atoms with Gasteiger partial charge in [-0.2, -0.15) is 5.26 Å². The summed E-state index contributed by atoms with van der Waals surface area (Å²) >= 11 is 0. The van der Waals surface area contributed by atoms with Gasteiger partial charge in [-0.1, -0.05) is 6.07 Å². The first kappa shape index (κ1) is 15.6. The summed E-state index contributed by atoms with van der Waals surface area (Å²) in [6, 6.07) is 9.26. The first-order chi connectivity index (χ1) is 11.0. The van der Waals surface area contributed by atoms with Gasteiger partial charge in [0, 0.05) is 11.9 Å². The molecule has 0 unspecified atom stereocenters. The van der Waals surface area contributed by atoms with Crippen molar-refractivity contribution in [2.24, 2.45) is 5.92 Å². The highest BCUT2D eigenvalue weighted by atomic mass is 32.2. The van der Waals surface area contributed by atoms with E-state index in [1.54, 1.807) is 24.4 Å². The van der Waals surface area contributed by atoms with Gasteiger partial charge in [-0.3, -0.25) is 0 Å². The lowest BCUT2D eigenvalue weighted by Gasteiger charge is -2.17. The fourth-order valence-corrected chi connectivity index (χ4v) is 3.68. The fraction of sp³-hybridized carbons (Fsp3) is 0.312. The van der Waals surface area contributed by atoms with Crippen LogP contribution in [0.4, 0.5) is 0 Å². The molecule has 2 aromatic rings. The Labute approximate surface area is 135 Å². The minimum absolute atomic E-state index is 0.0786. The molecule has 1 N–H and O–H groups in total. The number of sulfonamides is 1. The summed E-state index contributed by atoms with van der Waals surface area (Å²) in [6.45, 7) is 1.85. The summed E-state index contributed by atoms with van der Waals surface area (Å²) in [5, 5.41) is 8.93. The molecule has 1 heterocycles. The quantitative estimate of drug-likeness (QED) is 0.906. The predicted octanol–water partition coefficient (Wildman–Crippen LogP) is 2.09. The van der Waals surface area contributed by atoms with Gasteiger partial charge in [-0.05, 0) is 49.9 Å². The average molecular weight is 328 g/mol. The molecule has 0 aliphatic heterocycles. The fourth-order valence-electron chi connectivity index (χ4n) is 2.38. The van der Waals surface area contributed by atoms with Crippen LogP contribution in [0.3, 0.4) is 0 Å². The summed E-state index contributed by atoms with van der Waals surface area (Å²) < 4.78 is 28.0. The van der Waals surface area contributed by atoms with Crippen molar-refractivity contribution in [1.29, 1.82) is 5.26 Å². The highest BCUT2D eigenvalue weighted by Crippen LogP contribution is 2.40. The van der Waals surface area contributed by atoms with Crippen molar-refractivity contribution in [3.63, 3.8) is 0 Å². The van der Waals surface area contributed by atoms with Crippen LogP contribution in [0.15, 0.2) is 41.4 Å². The van der Waals surface area contributed by atoms with Crippen LogP contribution in [0.1, 0.15) is 36.0 Å². The maximum atomic E-state index is 12.6. The maximum Gasteiger partial charge on any atom is 0.241 e. The third kappa shape index (κ3) is 3.55. The molecule has 0 saturated heterocycles. The zero-order valence-corrected chi connectivity index (χ0v) is 13.4. The Hall–Kier alpha value is -2.30. The molecule has 7 heteroatoms. The molecule has 0 radical (unpaired) electrons. The Balaban J connectivity index is 1.92. The number of rotatable bonds is 5. The molecule has 1 fully saturated rings. The van der Waals surface area contributed by atoms with E-state index in [1.807, 2.05) is 13.0 Å². The predicted molar refractivity (Wildman–Crippen MR) is 83.7 cm³/mol. The minimum atomic E-state index is -3.74. The van der Waals surface area contributed by atoms with E-state index in [0.717, 1.165) is 18.5 Å². The monoisotopic (exact) mass is 328 g/mol. The van der Waals surface area contributed by atoms with Crippen LogP contribution in [-0.2, 0) is 10.0 Å². The van der Waals surface area contributed by atoms with E-state index in [0.29, 0.717) is 11.4 Å². The number of hydrogen-bond donors (Lipinski definition) is 1. The number of nitriles is 1. The average Bonchev–Trinajstić information content (AvgIpc) is 3.37. The third-order valence-corrected chi connectivity index (χ3v) is 5.18. The Morgan fingerprint density at radius 2 is 2.13 bits per heavy atom. The van der Waals surface area contributed by atoms with E-state index in [1.165, 1.54) is 12.1 Å². The van der Waals surface area contributed by atoms with E-state index < -0.39 is 16.1 Å². The van der Waals surface area contributed by atoms with Gasteiger partial charge in [-0.25, -0.2) is 23.1 Å². The first-order valence-electron chi connectivity index (χ1n) is 7.31. The zero-order chi connectivity index (χ0) is 16.4. The van der Waals surface area contributed by atoms with Crippen LogP contribution in [0.2, 0.25) is 0 Å². The van der Waals surface area contributed by atoms with E-state index in [9.17, 15) is 8.42 Å². The lowest BCUT2D eigenvalue weighted by molar-refractivity contribution is 0.510. The van der Waals surface area contributed by atoms with Gasteiger partial charge in [0.2, 0.25) is 10.0 Å². The Morgan fingerprint density at radius 3 is 2.78 bits per heavy atom. The molecule has 1 atom stereocenters. The van der Waals surface area contributed by atoms with E-state index in [4.69, 9.17) is 5.26 Å². The van der Waals surface area contributed by atoms with Crippen molar-refractivity contribution >= 4 is 10.0 Å². The van der Waals surface area contributed by atoms with Crippen LogP contribution >= 0.6 is 0 Å². The van der Waals surface area contributed by atoms with Crippen molar-refractivity contribution in [3.8, 4) is 6.07 Å². The molecule has 1 saturated carbocycles. The van der Waals surface area contributed by atoms with Crippen LogP contribution in [-0.4, -0.2) is 18.4 Å². The highest BCUT2D eigenvalue weighted by Gasteiger charge is 2.37. The van der Waals surface area contributed by atoms with E-state index >= 15 is 0 Å². The minimum Gasteiger partial charge on any atom is -0.240 e. The van der Waals surface area contributed by atoms with Crippen LogP contribution in [0, 0.1) is 24.2 Å². The number of nitrogens with zero attached hydrogens (tertiary/aromatic N) is 3. The summed E-state index contributed by atoms with van der Waals surface area (Å²) in [4.78, 5) is 8.66. The molecule has 0 bridgehead atoms. The van der Waals surface area contributed by atoms with Gasteiger partial charge < -0.3 is 0 Å². The first-order valence-corrected chi connectivity index (χ1v) is 8.80. The number of aryl methyl sites for hydroxylation is 1. The molecule has 118 valence electrons. The summed E-state index contributed by atoms with van der Waals surface area (Å²) in [5.41, 5.74) is 1.11. The van der Waals surface area contributed by atoms with Crippen LogP contribution in [0.5, 0.6) is 0 Å². The SMILES string of the molecule is Cc1ccnc([C@@H](NS(=O)(=O)c2cccc(C#N)c2)C2CC2)n1. The molecule has 1 aromatic carbocycles. The number of aromatic nitrogens is 2. The topological polar surface area (TPSA) is 95.7 Å². The molecule has 23 heavy (non-hydrogen) atoms. The second kappa shape index (κ2) is 6.07. The van der Waals surface area contributed by atoms with Gasteiger partial charge >= 0.3 is 0 Å². The van der Waals surface area contributed by atoms with Crippen molar-refractivity contribution < 1.29 is 8.42 Å². The molecule has 3 rings (SSSR count). The Kier molecular flexibility index (Phi) is 4.11. The van der Waals surface area contributed by atoms with Crippen molar-refractivity contribution in [3.05, 3.63) is 53.6 Å². The Morgan fingerprint density at radius 1 is 1.35 bits per heavy atom. The molecule has 0 amide bonds. The molecular formula is C16H16N4O2S. The van der Waals surface area contributed by atoms with Gasteiger partial charge in [0.05, 0.1) is 22.6 Å².